The number of carbonyl (C=O) groups excluding carboxylic acids is 3. The van der Waals surface area contributed by atoms with Gasteiger partial charge in [0.25, 0.3) is 0 Å². The van der Waals surface area contributed by atoms with Gasteiger partial charge in [-0.1, -0.05) is 20.8 Å². The lowest BCUT2D eigenvalue weighted by Gasteiger charge is -2.18. The van der Waals surface area contributed by atoms with Gasteiger partial charge in [-0.25, -0.2) is 4.79 Å². The van der Waals surface area contributed by atoms with Crippen LogP contribution in [0.1, 0.15) is 27.2 Å². The van der Waals surface area contributed by atoms with Crippen molar-refractivity contribution in [2.75, 3.05) is 19.6 Å². The Hall–Kier alpha value is -1.59. The van der Waals surface area contributed by atoms with Crippen LogP contribution >= 0.6 is 0 Å². The fourth-order valence-corrected chi connectivity index (χ4v) is 1.54. The second-order valence-corrected chi connectivity index (χ2v) is 5.36. The monoisotopic (exact) mass is 241 g/mol. The van der Waals surface area contributed by atoms with Crippen LogP contribution < -0.4 is 10.6 Å². The number of imide groups is 1. The van der Waals surface area contributed by atoms with Gasteiger partial charge in [-0.3, -0.25) is 14.9 Å². The number of urea groups is 1. The summed E-state index contributed by atoms with van der Waals surface area (Å²) < 4.78 is 0. The van der Waals surface area contributed by atoms with Gasteiger partial charge in [0.1, 0.15) is 6.54 Å². The first-order valence-electron chi connectivity index (χ1n) is 5.63. The van der Waals surface area contributed by atoms with E-state index >= 15 is 0 Å². The van der Waals surface area contributed by atoms with E-state index in [1.54, 1.807) is 0 Å². The van der Waals surface area contributed by atoms with Crippen LogP contribution in [0.5, 0.6) is 0 Å². The van der Waals surface area contributed by atoms with E-state index in [0.717, 1.165) is 0 Å². The third-order valence-corrected chi connectivity index (χ3v) is 2.26. The molecule has 2 N–H and O–H groups in total. The highest BCUT2D eigenvalue weighted by molar-refractivity contribution is 6.01. The Bertz CT molecular complexity index is 333. The summed E-state index contributed by atoms with van der Waals surface area (Å²) >= 11 is 0. The molecule has 0 bridgehead atoms. The standard InChI is InChI=1S/C11H19N3O3/c1-11(2,3)6-8(15)12-4-5-14-7-9(16)13-10(14)17/h4-7H2,1-3H3,(H,12,15)(H,13,16,17). The Labute approximate surface area is 101 Å². The average molecular weight is 241 g/mol. The molecule has 1 aliphatic rings. The molecule has 0 radical (unpaired) electrons. The van der Waals surface area contributed by atoms with Crippen molar-refractivity contribution in [2.24, 2.45) is 5.41 Å². The molecule has 1 fully saturated rings. The molecule has 0 aromatic heterocycles. The maximum absolute atomic E-state index is 11.5. The van der Waals surface area contributed by atoms with Crippen LogP contribution in [0.2, 0.25) is 0 Å². The highest BCUT2D eigenvalue weighted by Gasteiger charge is 2.26. The second-order valence-electron chi connectivity index (χ2n) is 5.36. The van der Waals surface area contributed by atoms with Gasteiger partial charge in [-0.15, -0.1) is 0 Å². The smallest absolute Gasteiger partial charge is 0.324 e. The number of hydrogen-bond acceptors (Lipinski definition) is 3. The summed E-state index contributed by atoms with van der Waals surface area (Å²) in [4.78, 5) is 34.9. The molecule has 0 aromatic carbocycles. The highest BCUT2D eigenvalue weighted by Crippen LogP contribution is 2.17. The maximum Gasteiger partial charge on any atom is 0.324 e. The van der Waals surface area contributed by atoms with Crippen molar-refractivity contribution < 1.29 is 14.4 Å². The molecule has 1 aliphatic heterocycles. The molecule has 4 amide bonds. The fourth-order valence-electron chi connectivity index (χ4n) is 1.54. The van der Waals surface area contributed by atoms with E-state index in [-0.39, 0.29) is 29.8 Å². The van der Waals surface area contributed by atoms with E-state index in [9.17, 15) is 14.4 Å². The summed E-state index contributed by atoms with van der Waals surface area (Å²) in [6.07, 6.45) is 0.443. The normalized spacial score (nSPS) is 16.1. The van der Waals surface area contributed by atoms with Crippen molar-refractivity contribution >= 4 is 17.8 Å². The molecule has 0 saturated carbocycles. The second kappa shape index (κ2) is 5.16. The van der Waals surface area contributed by atoms with Gasteiger partial charge in [0, 0.05) is 19.5 Å². The molecule has 6 nitrogen and oxygen atoms in total. The van der Waals surface area contributed by atoms with Crippen LogP contribution in [0.25, 0.3) is 0 Å². The van der Waals surface area contributed by atoms with Gasteiger partial charge in [0.2, 0.25) is 11.8 Å². The van der Waals surface area contributed by atoms with Gasteiger partial charge in [-0.05, 0) is 5.41 Å². The van der Waals surface area contributed by atoms with Crippen LogP contribution in [0, 0.1) is 5.41 Å². The zero-order valence-corrected chi connectivity index (χ0v) is 10.5. The third-order valence-electron chi connectivity index (χ3n) is 2.26. The van der Waals surface area contributed by atoms with Crippen molar-refractivity contribution in [3.8, 4) is 0 Å². The highest BCUT2D eigenvalue weighted by atomic mass is 16.2. The fraction of sp³-hybridized carbons (Fsp3) is 0.727. The van der Waals surface area contributed by atoms with E-state index in [1.807, 2.05) is 20.8 Å². The number of carbonyl (C=O) groups is 3. The lowest BCUT2D eigenvalue weighted by Crippen LogP contribution is -2.37. The molecule has 1 saturated heterocycles. The van der Waals surface area contributed by atoms with Gasteiger partial charge < -0.3 is 10.2 Å². The van der Waals surface area contributed by atoms with Crippen molar-refractivity contribution in [2.45, 2.75) is 27.2 Å². The molecule has 0 aromatic rings. The van der Waals surface area contributed by atoms with Gasteiger partial charge in [-0.2, -0.15) is 0 Å². The van der Waals surface area contributed by atoms with Crippen molar-refractivity contribution in [1.82, 2.24) is 15.5 Å². The van der Waals surface area contributed by atoms with Crippen molar-refractivity contribution in [3.05, 3.63) is 0 Å². The minimum Gasteiger partial charge on any atom is -0.354 e. The van der Waals surface area contributed by atoms with Crippen LogP contribution in [-0.4, -0.2) is 42.4 Å². The molecule has 1 heterocycles. The van der Waals surface area contributed by atoms with Gasteiger partial charge in [0.05, 0.1) is 0 Å². The van der Waals surface area contributed by atoms with Crippen molar-refractivity contribution in [1.29, 1.82) is 0 Å². The Kier molecular flexibility index (Phi) is 4.09. The van der Waals surface area contributed by atoms with Crippen LogP contribution in [0.15, 0.2) is 0 Å². The topological polar surface area (TPSA) is 78.5 Å². The Morgan fingerprint density at radius 2 is 2.06 bits per heavy atom. The summed E-state index contributed by atoms with van der Waals surface area (Å²) in [6.45, 7) is 6.76. The minimum absolute atomic E-state index is 0.0385. The Morgan fingerprint density at radius 3 is 2.53 bits per heavy atom. The van der Waals surface area contributed by atoms with E-state index in [1.165, 1.54) is 4.90 Å². The quantitative estimate of drug-likeness (QED) is 0.685. The first-order valence-corrected chi connectivity index (χ1v) is 5.63. The maximum atomic E-state index is 11.5. The summed E-state index contributed by atoms with van der Waals surface area (Å²) in [5, 5.41) is 4.91. The van der Waals surface area contributed by atoms with Crippen molar-refractivity contribution in [3.63, 3.8) is 0 Å². The number of amides is 4. The molecule has 6 heteroatoms. The van der Waals surface area contributed by atoms with E-state index < -0.39 is 0 Å². The summed E-state index contributed by atoms with van der Waals surface area (Å²) in [6, 6.07) is -0.389. The molecule has 96 valence electrons. The number of rotatable bonds is 4. The lowest BCUT2D eigenvalue weighted by molar-refractivity contribution is -0.122. The Morgan fingerprint density at radius 1 is 1.41 bits per heavy atom. The van der Waals surface area contributed by atoms with E-state index in [4.69, 9.17) is 0 Å². The zero-order valence-electron chi connectivity index (χ0n) is 10.5. The van der Waals surface area contributed by atoms with E-state index in [0.29, 0.717) is 19.5 Å². The first-order chi connectivity index (χ1) is 7.78. The summed E-state index contributed by atoms with van der Waals surface area (Å²) in [7, 11) is 0. The molecule has 0 atom stereocenters. The minimum atomic E-state index is -0.389. The zero-order chi connectivity index (χ0) is 13.1. The Balaban J connectivity index is 2.22. The van der Waals surface area contributed by atoms with E-state index in [2.05, 4.69) is 10.6 Å². The molecule has 0 unspecified atom stereocenters. The average Bonchev–Trinajstić information content (AvgIpc) is 2.42. The van der Waals surface area contributed by atoms with Crippen LogP contribution in [-0.2, 0) is 9.59 Å². The molecular weight excluding hydrogens is 222 g/mol. The molecule has 0 aliphatic carbocycles. The number of hydrogen-bond donors (Lipinski definition) is 2. The first kappa shape index (κ1) is 13.5. The predicted octanol–water partition coefficient (Wildman–Crippen LogP) is 0.0906. The number of nitrogens with one attached hydrogen (secondary N) is 2. The largest absolute Gasteiger partial charge is 0.354 e. The molecular formula is C11H19N3O3. The summed E-state index contributed by atoms with van der Waals surface area (Å²) in [5.74, 6) is -0.334. The number of nitrogens with zero attached hydrogens (tertiary/aromatic N) is 1. The summed E-state index contributed by atoms with van der Waals surface area (Å²) in [5.41, 5.74) is -0.0505. The molecule has 17 heavy (non-hydrogen) atoms. The van der Waals surface area contributed by atoms with Gasteiger partial charge in [0.15, 0.2) is 0 Å². The van der Waals surface area contributed by atoms with Crippen LogP contribution in [0.4, 0.5) is 4.79 Å². The lowest BCUT2D eigenvalue weighted by atomic mass is 9.92. The van der Waals surface area contributed by atoms with Gasteiger partial charge >= 0.3 is 6.03 Å². The molecule has 0 spiro atoms. The predicted molar refractivity (Wildman–Crippen MR) is 62.2 cm³/mol. The molecule has 1 rings (SSSR count). The van der Waals surface area contributed by atoms with Crippen LogP contribution in [0.3, 0.4) is 0 Å². The third kappa shape index (κ3) is 4.84. The SMILES string of the molecule is CC(C)(C)CC(=O)NCCN1CC(=O)NC1=O.